The number of pyridine rings is 1. The van der Waals surface area contributed by atoms with Gasteiger partial charge in [-0.05, 0) is 39.9 Å². The van der Waals surface area contributed by atoms with Gasteiger partial charge in [0.25, 0.3) is 0 Å². The highest BCUT2D eigenvalue weighted by Gasteiger charge is 2.09. The number of nitrogens with one attached hydrogen (secondary N) is 1. The lowest BCUT2D eigenvalue weighted by Crippen LogP contribution is -2.19. The second-order valence-corrected chi connectivity index (χ2v) is 5.50. The van der Waals surface area contributed by atoms with Crippen LogP contribution in [0.4, 0.5) is 5.69 Å². The van der Waals surface area contributed by atoms with Crippen LogP contribution in [0, 0.1) is 12.3 Å². The van der Waals surface area contributed by atoms with Crippen LogP contribution >= 0.6 is 15.9 Å². The van der Waals surface area contributed by atoms with Crippen LogP contribution in [0.25, 0.3) is 0 Å². The van der Waals surface area contributed by atoms with E-state index < -0.39 is 0 Å². The Bertz CT molecular complexity index is 316. The molecule has 0 unspecified atom stereocenters. The lowest BCUT2D eigenvalue weighted by Gasteiger charge is -2.19. The van der Waals surface area contributed by atoms with E-state index in [4.69, 9.17) is 0 Å². The Labute approximate surface area is 94.3 Å². The highest BCUT2D eigenvalue weighted by Crippen LogP contribution is 2.19. The highest BCUT2D eigenvalue weighted by atomic mass is 79.9. The Hall–Kier alpha value is -0.570. The first kappa shape index (κ1) is 11.5. The summed E-state index contributed by atoms with van der Waals surface area (Å²) in [4.78, 5) is 4.23. The highest BCUT2D eigenvalue weighted by molar-refractivity contribution is 9.10. The van der Waals surface area contributed by atoms with Gasteiger partial charge in [0.2, 0.25) is 0 Å². The predicted molar refractivity (Wildman–Crippen MR) is 64.6 cm³/mol. The SMILES string of the molecule is Cc1cc(NCC(C)(C)C)cnc1Br. The van der Waals surface area contributed by atoms with Gasteiger partial charge in [-0.1, -0.05) is 20.8 Å². The van der Waals surface area contributed by atoms with Gasteiger partial charge in [0.05, 0.1) is 11.9 Å². The molecule has 1 heterocycles. The molecule has 0 bridgehead atoms. The average molecular weight is 257 g/mol. The minimum absolute atomic E-state index is 0.293. The summed E-state index contributed by atoms with van der Waals surface area (Å²) in [6.45, 7) is 9.62. The van der Waals surface area contributed by atoms with Crippen molar-refractivity contribution in [2.45, 2.75) is 27.7 Å². The van der Waals surface area contributed by atoms with Crippen LogP contribution < -0.4 is 5.32 Å². The molecule has 14 heavy (non-hydrogen) atoms. The van der Waals surface area contributed by atoms with Crippen molar-refractivity contribution in [2.24, 2.45) is 5.41 Å². The lowest BCUT2D eigenvalue weighted by atomic mass is 9.97. The summed E-state index contributed by atoms with van der Waals surface area (Å²) in [5.41, 5.74) is 2.53. The van der Waals surface area contributed by atoms with Crippen molar-refractivity contribution in [1.29, 1.82) is 0 Å². The Morgan fingerprint density at radius 3 is 2.57 bits per heavy atom. The Morgan fingerprint density at radius 2 is 2.07 bits per heavy atom. The van der Waals surface area contributed by atoms with Gasteiger partial charge >= 0.3 is 0 Å². The second-order valence-electron chi connectivity index (χ2n) is 4.75. The van der Waals surface area contributed by atoms with Gasteiger partial charge in [0.1, 0.15) is 4.60 Å². The molecule has 0 aliphatic rings. The number of rotatable bonds is 2. The number of hydrogen-bond donors (Lipinski definition) is 1. The molecule has 0 amide bonds. The topological polar surface area (TPSA) is 24.9 Å². The van der Waals surface area contributed by atoms with E-state index in [0.717, 1.165) is 22.4 Å². The molecule has 78 valence electrons. The van der Waals surface area contributed by atoms with E-state index in [1.807, 2.05) is 13.1 Å². The number of nitrogens with zero attached hydrogens (tertiary/aromatic N) is 1. The molecule has 0 radical (unpaired) electrons. The summed E-state index contributed by atoms with van der Waals surface area (Å²) in [5.74, 6) is 0. The second kappa shape index (κ2) is 4.30. The van der Waals surface area contributed by atoms with Gasteiger partial charge in [-0.3, -0.25) is 0 Å². The van der Waals surface area contributed by atoms with Crippen molar-refractivity contribution in [1.82, 2.24) is 4.98 Å². The molecule has 2 nitrogen and oxygen atoms in total. The fourth-order valence-electron chi connectivity index (χ4n) is 1.02. The standard InChI is InChI=1S/C11H17BrN2/c1-8-5-9(6-13-10(8)12)14-7-11(2,3)4/h5-6,14H,7H2,1-4H3. The first-order chi connectivity index (χ1) is 6.38. The van der Waals surface area contributed by atoms with Crippen molar-refractivity contribution in [2.75, 3.05) is 11.9 Å². The van der Waals surface area contributed by atoms with E-state index in [1.165, 1.54) is 0 Å². The molecule has 0 aliphatic heterocycles. The van der Waals surface area contributed by atoms with E-state index in [0.29, 0.717) is 5.41 Å². The summed E-state index contributed by atoms with van der Waals surface area (Å²) < 4.78 is 0.916. The fourth-order valence-corrected chi connectivity index (χ4v) is 1.24. The number of aromatic nitrogens is 1. The van der Waals surface area contributed by atoms with Gasteiger partial charge in [0.15, 0.2) is 0 Å². The summed E-state index contributed by atoms with van der Waals surface area (Å²) >= 11 is 3.38. The molecule has 1 aromatic rings. The third-order valence-electron chi connectivity index (χ3n) is 1.84. The molecule has 1 N–H and O–H groups in total. The first-order valence-electron chi connectivity index (χ1n) is 4.74. The Morgan fingerprint density at radius 1 is 1.43 bits per heavy atom. The number of hydrogen-bond acceptors (Lipinski definition) is 2. The third-order valence-corrected chi connectivity index (χ3v) is 2.67. The van der Waals surface area contributed by atoms with Crippen LogP contribution in [0.2, 0.25) is 0 Å². The minimum atomic E-state index is 0.293. The zero-order chi connectivity index (χ0) is 10.8. The smallest absolute Gasteiger partial charge is 0.109 e. The molecule has 0 saturated carbocycles. The molecule has 1 aromatic heterocycles. The fraction of sp³-hybridized carbons (Fsp3) is 0.545. The largest absolute Gasteiger partial charge is 0.383 e. The maximum Gasteiger partial charge on any atom is 0.109 e. The molecule has 3 heteroatoms. The van der Waals surface area contributed by atoms with Crippen LogP contribution in [0.3, 0.4) is 0 Å². The minimum Gasteiger partial charge on any atom is -0.383 e. The number of halogens is 1. The van der Waals surface area contributed by atoms with E-state index in [2.05, 4.69) is 53.1 Å². The molecular weight excluding hydrogens is 240 g/mol. The van der Waals surface area contributed by atoms with Crippen LogP contribution in [0.15, 0.2) is 16.9 Å². The van der Waals surface area contributed by atoms with Crippen LogP contribution in [0.1, 0.15) is 26.3 Å². The Kier molecular flexibility index (Phi) is 3.53. The maximum atomic E-state index is 4.23. The van der Waals surface area contributed by atoms with Gasteiger partial charge in [-0.25, -0.2) is 4.98 Å². The molecule has 0 spiro atoms. The summed E-state index contributed by atoms with van der Waals surface area (Å²) in [6.07, 6.45) is 1.85. The van der Waals surface area contributed by atoms with Crippen molar-refractivity contribution < 1.29 is 0 Å². The van der Waals surface area contributed by atoms with Gasteiger partial charge in [-0.15, -0.1) is 0 Å². The van der Waals surface area contributed by atoms with Crippen LogP contribution in [0.5, 0.6) is 0 Å². The van der Waals surface area contributed by atoms with E-state index in [1.54, 1.807) is 0 Å². The zero-order valence-electron chi connectivity index (χ0n) is 9.19. The van der Waals surface area contributed by atoms with Crippen molar-refractivity contribution in [3.63, 3.8) is 0 Å². The molecule has 1 rings (SSSR count). The van der Waals surface area contributed by atoms with Crippen LogP contribution in [-0.2, 0) is 0 Å². The molecular formula is C11H17BrN2. The molecule has 0 aromatic carbocycles. The summed E-state index contributed by atoms with van der Waals surface area (Å²) in [5, 5.41) is 3.37. The monoisotopic (exact) mass is 256 g/mol. The molecule has 0 saturated heterocycles. The van der Waals surface area contributed by atoms with Crippen molar-refractivity contribution >= 4 is 21.6 Å². The average Bonchev–Trinajstić information content (AvgIpc) is 2.06. The number of aryl methyl sites for hydroxylation is 1. The zero-order valence-corrected chi connectivity index (χ0v) is 10.8. The van der Waals surface area contributed by atoms with Gasteiger partial charge in [0, 0.05) is 6.54 Å². The van der Waals surface area contributed by atoms with E-state index in [-0.39, 0.29) is 0 Å². The maximum absolute atomic E-state index is 4.23. The number of anilines is 1. The van der Waals surface area contributed by atoms with E-state index >= 15 is 0 Å². The lowest BCUT2D eigenvalue weighted by molar-refractivity contribution is 0.443. The summed E-state index contributed by atoms with van der Waals surface area (Å²) in [6, 6.07) is 2.10. The summed E-state index contributed by atoms with van der Waals surface area (Å²) in [7, 11) is 0. The molecule has 0 atom stereocenters. The molecule has 0 fully saturated rings. The normalized spacial score (nSPS) is 11.5. The first-order valence-corrected chi connectivity index (χ1v) is 5.54. The third kappa shape index (κ3) is 3.66. The van der Waals surface area contributed by atoms with Gasteiger partial charge < -0.3 is 5.32 Å². The van der Waals surface area contributed by atoms with Crippen LogP contribution in [-0.4, -0.2) is 11.5 Å². The quantitative estimate of drug-likeness (QED) is 0.818. The van der Waals surface area contributed by atoms with E-state index in [9.17, 15) is 0 Å². The van der Waals surface area contributed by atoms with Crippen molar-refractivity contribution in [3.8, 4) is 0 Å². The van der Waals surface area contributed by atoms with Crippen molar-refractivity contribution in [3.05, 3.63) is 22.4 Å². The molecule has 0 aliphatic carbocycles. The predicted octanol–water partition coefficient (Wildman–Crippen LogP) is 3.61. The Balaban J connectivity index is 2.65. The van der Waals surface area contributed by atoms with Gasteiger partial charge in [-0.2, -0.15) is 0 Å².